The van der Waals surface area contributed by atoms with Crippen LogP contribution in [0.4, 0.5) is 0 Å². The van der Waals surface area contributed by atoms with E-state index in [9.17, 15) is 4.79 Å². The third-order valence-electron chi connectivity index (χ3n) is 3.46. The molecule has 1 heterocycles. The number of nitrogens with one attached hydrogen (secondary N) is 2. The fraction of sp³-hybridized carbons (Fsp3) is 0.923. The van der Waals surface area contributed by atoms with E-state index in [1.165, 1.54) is 0 Å². The van der Waals surface area contributed by atoms with Gasteiger partial charge in [-0.3, -0.25) is 4.79 Å². The van der Waals surface area contributed by atoms with E-state index in [2.05, 4.69) is 24.5 Å². The summed E-state index contributed by atoms with van der Waals surface area (Å²) in [5.41, 5.74) is 0. The van der Waals surface area contributed by atoms with Crippen LogP contribution in [0.1, 0.15) is 40.0 Å². The Balaban J connectivity index is 2.12. The summed E-state index contributed by atoms with van der Waals surface area (Å²) in [6.07, 6.45) is 3.52. The van der Waals surface area contributed by atoms with Gasteiger partial charge < -0.3 is 15.4 Å². The molecule has 0 bridgehead atoms. The van der Waals surface area contributed by atoms with Gasteiger partial charge in [0, 0.05) is 19.2 Å². The van der Waals surface area contributed by atoms with Crippen LogP contribution in [0, 0.1) is 5.92 Å². The molecule has 0 aliphatic carbocycles. The number of amides is 1. The molecule has 1 aliphatic rings. The van der Waals surface area contributed by atoms with Crippen LogP contribution in [0.25, 0.3) is 0 Å². The topological polar surface area (TPSA) is 50.4 Å². The van der Waals surface area contributed by atoms with E-state index < -0.39 is 0 Å². The molecule has 1 amide bonds. The lowest BCUT2D eigenvalue weighted by atomic mass is 10.00. The van der Waals surface area contributed by atoms with Gasteiger partial charge in [-0.1, -0.05) is 13.8 Å². The van der Waals surface area contributed by atoms with E-state index in [1.807, 2.05) is 6.92 Å². The van der Waals surface area contributed by atoms with E-state index in [4.69, 9.17) is 4.74 Å². The summed E-state index contributed by atoms with van der Waals surface area (Å²) in [5.74, 6) is 0.655. The van der Waals surface area contributed by atoms with Crippen LogP contribution < -0.4 is 10.6 Å². The van der Waals surface area contributed by atoms with Crippen molar-refractivity contribution in [1.29, 1.82) is 0 Å². The maximum absolute atomic E-state index is 11.5. The summed E-state index contributed by atoms with van der Waals surface area (Å²) >= 11 is 0. The Hall–Kier alpha value is -0.610. The van der Waals surface area contributed by atoms with E-state index in [0.717, 1.165) is 32.4 Å². The number of hydrogen-bond donors (Lipinski definition) is 2. The van der Waals surface area contributed by atoms with Crippen LogP contribution in [-0.2, 0) is 9.53 Å². The Bertz CT molecular complexity index is 233. The van der Waals surface area contributed by atoms with Gasteiger partial charge in [-0.25, -0.2) is 0 Å². The number of rotatable bonds is 7. The first-order valence-electron chi connectivity index (χ1n) is 6.79. The van der Waals surface area contributed by atoms with E-state index in [1.54, 1.807) is 0 Å². The predicted molar refractivity (Wildman–Crippen MR) is 68.9 cm³/mol. The van der Waals surface area contributed by atoms with Crippen molar-refractivity contribution in [2.75, 3.05) is 19.7 Å². The third kappa shape index (κ3) is 5.04. The van der Waals surface area contributed by atoms with Crippen molar-refractivity contribution in [3.05, 3.63) is 0 Å². The third-order valence-corrected chi connectivity index (χ3v) is 3.46. The molecule has 0 aromatic rings. The molecule has 0 aromatic heterocycles. The number of ether oxygens (including phenoxy) is 1. The minimum atomic E-state index is 0.0892. The van der Waals surface area contributed by atoms with Gasteiger partial charge in [0.1, 0.15) is 0 Å². The molecule has 4 nitrogen and oxygen atoms in total. The molecule has 1 saturated heterocycles. The van der Waals surface area contributed by atoms with Crippen molar-refractivity contribution in [2.45, 2.75) is 52.2 Å². The van der Waals surface area contributed by atoms with Crippen LogP contribution in [0.15, 0.2) is 0 Å². The molecule has 3 atom stereocenters. The zero-order chi connectivity index (χ0) is 12.7. The van der Waals surface area contributed by atoms with Crippen LogP contribution in [0.5, 0.6) is 0 Å². The molecule has 0 saturated carbocycles. The van der Waals surface area contributed by atoms with Gasteiger partial charge in [0.05, 0.1) is 12.6 Å². The second kappa shape index (κ2) is 7.67. The molecule has 4 heteroatoms. The maximum Gasteiger partial charge on any atom is 0.234 e. The van der Waals surface area contributed by atoms with Crippen LogP contribution in [-0.4, -0.2) is 37.7 Å². The second-order valence-corrected chi connectivity index (χ2v) is 4.87. The fourth-order valence-corrected chi connectivity index (χ4v) is 2.18. The summed E-state index contributed by atoms with van der Waals surface area (Å²) in [6, 6.07) is 0.266. The van der Waals surface area contributed by atoms with Crippen molar-refractivity contribution in [3.63, 3.8) is 0 Å². The number of carbonyl (C=O) groups is 1. The molecule has 1 aliphatic heterocycles. The molecule has 2 N–H and O–H groups in total. The van der Waals surface area contributed by atoms with Gasteiger partial charge >= 0.3 is 0 Å². The molecule has 17 heavy (non-hydrogen) atoms. The zero-order valence-corrected chi connectivity index (χ0v) is 11.3. The first-order valence-corrected chi connectivity index (χ1v) is 6.79. The number of hydrogen-bond acceptors (Lipinski definition) is 3. The highest BCUT2D eigenvalue weighted by molar-refractivity contribution is 5.78. The first kappa shape index (κ1) is 14.5. The SMILES string of the molecule is CCC(C)NC(=O)CNCC1CCOC1CC. The highest BCUT2D eigenvalue weighted by Crippen LogP contribution is 2.22. The summed E-state index contributed by atoms with van der Waals surface area (Å²) in [7, 11) is 0. The fourth-order valence-electron chi connectivity index (χ4n) is 2.18. The van der Waals surface area contributed by atoms with Gasteiger partial charge in [0.15, 0.2) is 0 Å². The van der Waals surface area contributed by atoms with E-state index in [-0.39, 0.29) is 11.9 Å². The highest BCUT2D eigenvalue weighted by Gasteiger charge is 2.26. The average Bonchev–Trinajstić information content (AvgIpc) is 2.76. The molecule has 1 rings (SSSR count). The lowest BCUT2D eigenvalue weighted by Gasteiger charge is -2.17. The van der Waals surface area contributed by atoms with Crippen molar-refractivity contribution in [2.24, 2.45) is 5.92 Å². The van der Waals surface area contributed by atoms with Gasteiger partial charge in [-0.05, 0) is 32.1 Å². The quantitative estimate of drug-likeness (QED) is 0.707. The Kier molecular flexibility index (Phi) is 6.52. The van der Waals surface area contributed by atoms with E-state index in [0.29, 0.717) is 18.6 Å². The van der Waals surface area contributed by atoms with E-state index >= 15 is 0 Å². The summed E-state index contributed by atoms with van der Waals surface area (Å²) in [6.45, 7) is 8.40. The van der Waals surface area contributed by atoms with Crippen molar-refractivity contribution in [3.8, 4) is 0 Å². The predicted octanol–water partition coefficient (Wildman–Crippen LogP) is 1.31. The van der Waals surface area contributed by atoms with Crippen LogP contribution >= 0.6 is 0 Å². The zero-order valence-electron chi connectivity index (χ0n) is 11.3. The van der Waals surface area contributed by atoms with Crippen molar-refractivity contribution < 1.29 is 9.53 Å². The largest absolute Gasteiger partial charge is 0.378 e. The van der Waals surface area contributed by atoms with Gasteiger partial charge in [0.25, 0.3) is 0 Å². The second-order valence-electron chi connectivity index (χ2n) is 4.87. The molecule has 0 radical (unpaired) electrons. The van der Waals surface area contributed by atoms with Crippen LogP contribution in [0.2, 0.25) is 0 Å². The molecule has 0 spiro atoms. The lowest BCUT2D eigenvalue weighted by molar-refractivity contribution is -0.120. The van der Waals surface area contributed by atoms with Crippen LogP contribution in [0.3, 0.4) is 0 Å². The number of carbonyl (C=O) groups excluding carboxylic acids is 1. The molecule has 0 aromatic carbocycles. The average molecular weight is 242 g/mol. The Morgan fingerprint density at radius 1 is 1.47 bits per heavy atom. The molecular weight excluding hydrogens is 216 g/mol. The van der Waals surface area contributed by atoms with Gasteiger partial charge in [-0.15, -0.1) is 0 Å². The van der Waals surface area contributed by atoms with Crippen molar-refractivity contribution >= 4 is 5.91 Å². The normalized spacial score (nSPS) is 25.8. The van der Waals surface area contributed by atoms with Gasteiger partial charge in [-0.2, -0.15) is 0 Å². The highest BCUT2D eigenvalue weighted by atomic mass is 16.5. The standard InChI is InChI=1S/C13H26N2O2/c1-4-10(3)15-13(16)9-14-8-11-6-7-17-12(11)5-2/h10-12,14H,4-9H2,1-3H3,(H,15,16). The lowest BCUT2D eigenvalue weighted by Crippen LogP contribution is -2.40. The monoisotopic (exact) mass is 242 g/mol. The smallest absolute Gasteiger partial charge is 0.234 e. The first-order chi connectivity index (χ1) is 8.17. The maximum atomic E-state index is 11.5. The summed E-state index contributed by atoms with van der Waals surface area (Å²) < 4.78 is 5.61. The minimum Gasteiger partial charge on any atom is -0.378 e. The molecule has 3 unspecified atom stereocenters. The Morgan fingerprint density at radius 3 is 2.88 bits per heavy atom. The van der Waals surface area contributed by atoms with Crippen molar-refractivity contribution in [1.82, 2.24) is 10.6 Å². The molecule has 100 valence electrons. The molecular formula is C13H26N2O2. The van der Waals surface area contributed by atoms with Gasteiger partial charge in [0.2, 0.25) is 5.91 Å². The summed E-state index contributed by atoms with van der Waals surface area (Å²) in [5, 5.41) is 6.18. The summed E-state index contributed by atoms with van der Waals surface area (Å²) in [4.78, 5) is 11.5. The minimum absolute atomic E-state index is 0.0892. The Labute approximate surface area is 104 Å². The Morgan fingerprint density at radius 2 is 2.24 bits per heavy atom. The molecule has 1 fully saturated rings.